The molecule has 0 saturated heterocycles. The Morgan fingerprint density at radius 1 is 0.737 bits per heavy atom. The molecular weight excluding hydrogens is 486 g/mol. The second kappa shape index (κ2) is 11.1. The van der Waals surface area contributed by atoms with E-state index in [4.69, 9.17) is 14.2 Å². The predicted octanol–water partition coefficient (Wildman–Crippen LogP) is 4.65. The van der Waals surface area contributed by atoms with E-state index in [1.807, 2.05) is 6.07 Å². The lowest BCUT2D eigenvalue weighted by Crippen LogP contribution is -2.18. The van der Waals surface area contributed by atoms with Gasteiger partial charge in [0.1, 0.15) is 5.75 Å². The Bertz CT molecular complexity index is 1530. The van der Waals surface area contributed by atoms with E-state index < -0.39 is 11.9 Å². The molecule has 9 nitrogen and oxygen atoms in total. The summed E-state index contributed by atoms with van der Waals surface area (Å²) in [6.45, 7) is 0.116. The van der Waals surface area contributed by atoms with Crippen LogP contribution >= 0.6 is 0 Å². The molecule has 0 radical (unpaired) electrons. The summed E-state index contributed by atoms with van der Waals surface area (Å²) in [4.78, 5) is 37.7. The molecule has 0 aliphatic carbocycles. The lowest BCUT2D eigenvalue weighted by Gasteiger charge is -2.08. The van der Waals surface area contributed by atoms with Crippen LogP contribution in [0.1, 0.15) is 36.6 Å². The Morgan fingerprint density at radius 3 is 2.34 bits per heavy atom. The van der Waals surface area contributed by atoms with Crippen LogP contribution in [0.4, 0.5) is 5.69 Å². The number of esters is 1. The molecule has 5 rings (SSSR count). The molecular formula is C29H21N3O6. The van der Waals surface area contributed by atoms with Gasteiger partial charge in [-0.2, -0.15) is 5.10 Å². The summed E-state index contributed by atoms with van der Waals surface area (Å²) in [6, 6.07) is 26.8. The van der Waals surface area contributed by atoms with Gasteiger partial charge < -0.3 is 19.5 Å². The molecule has 0 spiro atoms. The van der Waals surface area contributed by atoms with Crippen LogP contribution in [0.15, 0.2) is 102 Å². The van der Waals surface area contributed by atoms with Gasteiger partial charge in [0.25, 0.3) is 11.8 Å². The largest absolute Gasteiger partial charge is 0.454 e. The van der Waals surface area contributed by atoms with E-state index in [-0.39, 0.29) is 18.3 Å². The molecule has 0 bridgehead atoms. The van der Waals surface area contributed by atoms with E-state index in [1.54, 1.807) is 84.9 Å². The number of amides is 2. The molecule has 0 fully saturated rings. The minimum Gasteiger partial charge on any atom is -0.454 e. The number of rotatable bonds is 7. The van der Waals surface area contributed by atoms with Gasteiger partial charge >= 0.3 is 5.97 Å². The van der Waals surface area contributed by atoms with E-state index in [2.05, 4.69) is 15.8 Å². The monoisotopic (exact) mass is 507 g/mol. The van der Waals surface area contributed by atoms with Gasteiger partial charge in [-0.1, -0.05) is 36.4 Å². The number of hydrogen-bond acceptors (Lipinski definition) is 7. The van der Waals surface area contributed by atoms with Crippen molar-refractivity contribution in [2.45, 2.75) is 0 Å². The number of nitrogens with one attached hydrogen (secondary N) is 2. The number of fused-ring (bicyclic) bond motifs is 1. The van der Waals surface area contributed by atoms with Crippen LogP contribution in [-0.4, -0.2) is 30.8 Å². The zero-order valence-corrected chi connectivity index (χ0v) is 19.9. The zero-order chi connectivity index (χ0) is 26.3. The number of ether oxygens (including phenoxy) is 3. The van der Waals surface area contributed by atoms with Gasteiger partial charge in [0.05, 0.1) is 11.8 Å². The molecule has 0 aromatic heterocycles. The molecule has 0 unspecified atom stereocenters. The topological polar surface area (TPSA) is 115 Å². The Morgan fingerprint density at radius 2 is 1.47 bits per heavy atom. The van der Waals surface area contributed by atoms with Gasteiger partial charge in [0, 0.05) is 22.4 Å². The van der Waals surface area contributed by atoms with Gasteiger partial charge in [-0.25, -0.2) is 10.2 Å². The quantitative estimate of drug-likeness (QED) is 0.163. The van der Waals surface area contributed by atoms with Gasteiger partial charge in [-0.05, 0) is 60.7 Å². The number of hydrazone groups is 1. The molecule has 2 N–H and O–H groups in total. The highest BCUT2D eigenvalue weighted by molar-refractivity contribution is 6.05. The molecule has 0 atom stereocenters. The summed E-state index contributed by atoms with van der Waals surface area (Å²) in [6.07, 6.45) is 1.39. The first-order valence-corrected chi connectivity index (χ1v) is 11.6. The van der Waals surface area contributed by atoms with Crippen LogP contribution in [0.25, 0.3) is 0 Å². The van der Waals surface area contributed by atoms with Crippen LogP contribution in [-0.2, 0) is 0 Å². The highest BCUT2D eigenvalue weighted by Crippen LogP contribution is 2.32. The maximum atomic E-state index is 12.7. The Balaban J connectivity index is 1.22. The van der Waals surface area contributed by atoms with Crippen LogP contribution in [0.2, 0.25) is 0 Å². The smallest absolute Gasteiger partial charge is 0.343 e. The number of para-hydroxylation sites is 1. The molecule has 1 aliphatic heterocycles. The SMILES string of the molecule is O=C(NN=Cc1ccccc1OC(=O)c1ccccc1)c1cccc(NC(=O)c2ccc3c(c2)OCO3)c1. The van der Waals surface area contributed by atoms with Gasteiger partial charge in [0.15, 0.2) is 11.5 Å². The summed E-state index contributed by atoms with van der Waals surface area (Å²) < 4.78 is 16.1. The normalized spacial score (nSPS) is 11.7. The predicted molar refractivity (Wildman–Crippen MR) is 140 cm³/mol. The average molecular weight is 508 g/mol. The van der Waals surface area contributed by atoms with E-state index in [0.717, 1.165) is 0 Å². The maximum Gasteiger partial charge on any atom is 0.343 e. The van der Waals surface area contributed by atoms with Crippen LogP contribution in [0, 0.1) is 0 Å². The third-order valence-corrected chi connectivity index (χ3v) is 5.52. The molecule has 188 valence electrons. The standard InChI is InChI=1S/C29H21N3O6/c33-27(21-13-14-25-26(16-21)37-18-36-25)31-23-11-6-10-20(15-23)28(34)32-30-17-22-9-4-5-12-24(22)38-29(35)19-7-2-1-3-8-19/h1-17H,18H2,(H,31,33)(H,32,34). The number of carbonyl (C=O) groups excluding carboxylic acids is 3. The number of anilines is 1. The van der Waals surface area contributed by atoms with Crippen LogP contribution < -0.4 is 25.0 Å². The van der Waals surface area contributed by atoms with E-state index in [1.165, 1.54) is 12.3 Å². The maximum absolute atomic E-state index is 12.7. The summed E-state index contributed by atoms with van der Waals surface area (Å²) >= 11 is 0. The summed E-state index contributed by atoms with van der Waals surface area (Å²) in [5.41, 5.74) is 4.47. The van der Waals surface area contributed by atoms with Crippen LogP contribution in [0.3, 0.4) is 0 Å². The molecule has 4 aromatic carbocycles. The molecule has 9 heteroatoms. The average Bonchev–Trinajstić information content (AvgIpc) is 3.42. The third kappa shape index (κ3) is 5.68. The van der Waals surface area contributed by atoms with Crippen molar-refractivity contribution < 1.29 is 28.6 Å². The van der Waals surface area contributed by atoms with Gasteiger partial charge in [-0.15, -0.1) is 0 Å². The van der Waals surface area contributed by atoms with Crippen molar-refractivity contribution in [1.29, 1.82) is 0 Å². The van der Waals surface area contributed by atoms with Crippen molar-refractivity contribution in [2.75, 3.05) is 12.1 Å². The summed E-state index contributed by atoms with van der Waals surface area (Å²) in [7, 11) is 0. The Hall–Kier alpha value is -5.44. The number of carbonyl (C=O) groups is 3. The Labute approximate surface area is 217 Å². The minimum absolute atomic E-state index is 0.116. The third-order valence-electron chi connectivity index (χ3n) is 5.52. The number of nitrogens with zero attached hydrogens (tertiary/aromatic N) is 1. The molecule has 4 aromatic rings. The lowest BCUT2D eigenvalue weighted by atomic mass is 10.1. The first kappa shape index (κ1) is 24.3. The van der Waals surface area contributed by atoms with Crippen molar-refractivity contribution in [2.24, 2.45) is 5.10 Å². The summed E-state index contributed by atoms with van der Waals surface area (Å²) in [5.74, 6) is 0.0280. The minimum atomic E-state index is -0.505. The number of benzene rings is 4. The second-order valence-corrected chi connectivity index (χ2v) is 8.10. The van der Waals surface area contributed by atoms with Gasteiger partial charge in [0.2, 0.25) is 6.79 Å². The van der Waals surface area contributed by atoms with Crippen molar-refractivity contribution in [3.63, 3.8) is 0 Å². The zero-order valence-electron chi connectivity index (χ0n) is 19.9. The molecule has 1 heterocycles. The first-order valence-electron chi connectivity index (χ1n) is 11.6. The highest BCUT2D eigenvalue weighted by Gasteiger charge is 2.17. The Kier molecular flexibility index (Phi) is 7.08. The van der Waals surface area contributed by atoms with Crippen molar-refractivity contribution in [1.82, 2.24) is 5.43 Å². The van der Waals surface area contributed by atoms with Crippen molar-refractivity contribution >= 4 is 29.7 Å². The van der Waals surface area contributed by atoms with Crippen molar-refractivity contribution in [3.05, 3.63) is 119 Å². The first-order chi connectivity index (χ1) is 18.6. The fourth-order valence-electron chi connectivity index (χ4n) is 3.62. The fraction of sp³-hybridized carbons (Fsp3) is 0.0345. The lowest BCUT2D eigenvalue weighted by molar-refractivity contribution is 0.0734. The highest BCUT2D eigenvalue weighted by atomic mass is 16.7. The van der Waals surface area contributed by atoms with E-state index >= 15 is 0 Å². The summed E-state index contributed by atoms with van der Waals surface area (Å²) in [5, 5.41) is 6.76. The van der Waals surface area contributed by atoms with Crippen molar-refractivity contribution in [3.8, 4) is 17.2 Å². The number of hydrogen-bond donors (Lipinski definition) is 2. The second-order valence-electron chi connectivity index (χ2n) is 8.10. The van der Waals surface area contributed by atoms with E-state index in [0.29, 0.717) is 39.6 Å². The van der Waals surface area contributed by atoms with Crippen LogP contribution in [0.5, 0.6) is 17.2 Å². The molecule has 1 aliphatic rings. The fourth-order valence-corrected chi connectivity index (χ4v) is 3.62. The van der Waals surface area contributed by atoms with Gasteiger partial charge in [-0.3, -0.25) is 9.59 Å². The van der Waals surface area contributed by atoms with E-state index in [9.17, 15) is 14.4 Å². The molecule has 38 heavy (non-hydrogen) atoms. The molecule has 0 saturated carbocycles. The molecule has 2 amide bonds.